The lowest BCUT2D eigenvalue weighted by atomic mass is 10.2. The first-order valence-electron chi connectivity index (χ1n) is 7.26. The SMILES string of the molecule is CS(=O)(=O)c1ccccc1N1CCN(c2ccccn2)CC1. The van der Waals surface area contributed by atoms with Crippen molar-refractivity contribution in [1.29, 1.82) is 0 Å². The summed E-state index contributed by atoms with van der Waals surface area (Å²) in [5.41, 5.74) is 0.797. The van der Waals surface area contributed by atoms with Crippen LogP contribution in [-0.4, -0.2) is 45.8 Å². The van der Waals surface area contributed by atoms with E-state index in [1.165, 1.54) is 6.26 Å². The summed E-state index contributed by atoms with van der Waals surface area (Å²) in [6, 6.07) is 13.1. The Hall–Kier alpha value is -2.08. The van der Waals surface area contributed by atoms with E-state index in [9.17, 15) is 8.42 Å². The van der Waals surface area contributed by atoms with Gasteiger partial charge in [-0.15, -0.1) is 0 Å². The van der Waals surface area contributed by atoms with E-state index in [4.69, 9.17) is 0 Å². The van der Waals surface area contributed by atoms with Crippen LogP contribution >= 0.6 is 0 Å². The topological polar surface area (TPSA) is 53.5 Å². The van der Waals surface area contributed by atoms with Gasteiger partial charge in [-0.2, -0.15) is 0 Å². The van der Waals surface area contributed by atoms with Gasteiger partial charge in [-0.25, -0.2) is 13.4 Å². The highest BCUT2D eigenvalue weighted by atomic mass is 32.2. The average molecular weight is 317 g/mol. The van der Waals surface area contributed by atoms with Gasteiger partial charge in [0.25, 0.3) is 0 Å². The van der Waals surface area contributed by atoms with Crippen molar-refractivity contribution in [3.05, 3.63) is 48.7 Å². The lowest BCUT2D eigenvalue weighted by molar-refractivity contribution is 0.599. The van der Waals surface area contributed by atoms with Crippen LogP contribution in [0.15, 0.2) is 53.6 Å². The molecule has 5 nitrogen and oxygen atoms in total. The molecule has 6 heteroatoms. The van der Waals surface area contributed by atoms with Crippen molar-refractivity contribution in [3.8, 4) is 0 Å². The molecule has 22 heavy (non-hydrogen) atoms. The standard InChI is InChI=1S/C16H19N3O2S/c1-22(20,21)15-7-3-2-6-14(15)18-10-12-19(13-11-18)16-8-4-5-9-17-16/h2-9H,10-13H2,1H3. The summed E-state index contributed by atoms with van der Waals surface area (Å²) in [6.45, 7) is 3.22. The summed E-state index contributed by atoms with van der Waals surface area (Å²) < 4.78 is 23.9. The highest BCUT2D eigenvalue weighted by Gasteiger charge is 2.22. The molecular weight excluding hydrogens is 298 g/mol. The Kier molecular flexibility index (Phi) is 4.02. The molecule has 0 unspecified atom stereocenters. The summed E-state index contributed by atoms with van der Waals surface area (Å²) in [4.78, 5) is 9.13. The van der Waals surface area contributed by atoms with Crippen LogP contribution in [0.1, 0.15) is 0 Å². The number of rotatable bonds is 3. The Bertz CT molecular complexity index is 739. The van der Waals surface area contributed by atoms with Crippen LogP contribution in [0.2, 0.25) is 0 Å². The fourth-order valence-electron chi connectivity index (χ4n) is 2.75. The van der Waals surface area contributed by atoms with Crippen molar-refractivity contribution in [2.24, 2.45) is 0 Å². The van der Waals surface area contributed by atoms with E-state index < -0.39 is 9.84 Å². The minimum absolute atomic E-state index is 0.404. The van der Waals surface area contributed by atoms with Gasteiger partial charge in [-0.1, -0.05) is 18.2 Å². The second kappa shape index (κ2) is 5.96. The van der Waals surface area contributed by atoms with Gasteiger partial charge in [0, 0.05) is 38.6 Å². The van der Waals surface area contributed by atoms with Crippen molar-refractivity contribution >= 4 is 21.3 Å². The molecule has 0 radical (unpaired) electrons. The quantitative estimate of drug-likeness (QED) is 0.864. The molecule has 0 aliphatic carbocycles. The molecule has 1 aromatic carbocycles. The summed E-state index contributed by atoms with van der Waals surface area (Å²) in [5.74, 6) is 0.971. The highest BCUT2D eigenvalue weighted by Crippen LogP contribution is 2.26. The molecule has 0 spiro atoms. The normalized spacial score (nSPS) is 15.9. The molecule has 1 aromatic heterocycles. The molecule has 1 aliphatic heterocycles. The maximum absolute atomic E-state index is 11.9. The number of hydrogen-bond acceptors (Lipinski definition) is 5. The van der Waals surface area contributed by atoms with Crippen molar-refractivity contribution in [3.63, 3.8) is 0 Å². The molecule has 1 fully saturated rings. The molecule has 2 heterocycles. The van der Waals surface area contributed by atoms with Crippen LogP contribution in [-0.2, 0) is 9.84 Å². The zero-order chi connectivity index (χ0) is 15.6. The number of piperazine rings is 1. The van der Waals surface area contributed by atoms with Crippen LogP contribution in [0.4, 0.5) is 11.5 Å². The predicted octanol–water partition coefficient (Wildman–Crippen LogP) is 1.81. The first kappa shape index (κ1) is 14.8. The minimum Gasteiger partial charge on any atom is -0.367 e. The first-order valence-corrected chi connectivity index (χ1v) is 9.15. The van der Waals surface area contributed by atoms with E-state index >= 15 is 0 Å². The lowest BCUT2D eigenvalue weighted by Crippen LogP contribution is -2.47. The predicted molar refractivity (Wildman–Crippen MR) is 88.2 cm³/mol. The van der Waals surface area contributed by atoms with E-state index in [0.29, 0.717) is 4.90 Å². The Labute approximate surface area is 131 Å². The van der Waals surface area contributed by atoms with Crippen LogP contribution in [0.5, 0.6) is 0 Å². The summed E-state index contributed by atoms with van der Waals surface area (Å²) in [7, 11) is -3.22. The van der Waals surface area contributed by atoms with Gasteiger partial charge < -0.3 is 9.80 Å². The van der Waals surface area contributed by atoms with Crippen molar-refractivity contribution in [2.75, 3.05) is 42.2 Å². The molecule has 0 N–H and O–H groups in total. The largest absolute Gasteiger partial charge is 0.367 e. The third-order valence-electron chi connectivity index (χ3n) is 3.86. The third kappa shape index (κ3) is 3.06. The maximum atomic E-state index is 11.9. The van der Waals surface area contributed by atoms with Crippen LogP contribution in [0, 0.1) is 0 Å². The van der Waals surface area contributed by atoms with E-state index in [1.807, 2.05) is 30.3 Å². The Morgan fingerprint density at radius 1 is 0.909 bits per heavy atom. The minimum atomic E-state index is -3.22. The molecule has 2 aromatic rings. The number of hydrogen-bond donors (Lipinski definition) is 0. The summed E-state index contributed by atoms with van der Waals surface area (Å²) in [5, 5.41) is 0. The molecule has 0 amide bonds. The van der Waals surface area contributed by atoms with Crippen LogP contribution in [0.25, 0.3) is 0 Å². The number of benzene rings is 1. The third-order valence-corrected chi connectivity index (χ3v) is 5.00. The lowest BCUT2D eigenvalue weighted by Gasteiger charge is -2.37. The number of nitrogens with zero attached hydrogens (tertiary/aromatic N) is 3. The molecule has 116 valence electrons. The number of para-hydroxylation sites is 1. The second-order valence-electron chi connectivity index (χ2n) is 5.40. The molecule has 1 saturated heterocycles. The van der Waals surface area contributed by atoms with E-state index in [0.717, 1.165) is 37.7 Å². The maximum Gasteiger partial charge on any atom is 0.177 e. The summed E-state index contributed by atoms with van der Waals surface area (Å²) in [6.07, 6.45) is 3.05. The number of sulfone groups is 1. The number of aromatic nitrogens is 1. The van der Waals surface area contributed by atoms with Gasteiger partial charge in [0.2, 0.25) is 0 Å². The molecule has 0 bridgehead atoms. The first-order chi connectivity index (χ1) is 10.6. The average Bonchev–Trinajstić information content (AvgIpc) is 2.55. The number of pyridine rings is 1. The van der Waals surface area contributed by atoms with E-state index in [-0.39, 0.29) is 0 Å². The molecule has 0 atom stereocenters. The molecular formula is C16H19N3O2S. The van der Waals surface area contributed by atoms with E-state index in [2.05, 4.69) is 14.8 Å². The van der Waals surface area contributed by atoms with Gasteiger partial charge in [0.05, 0.1) is 10.6 Å². The van der Waals surface area contributed by atoms with Gasteiger partial charge in [-0.05, 0) is 24.3 Å². The fourth-order valence-corrected chi connectivity index (χ4v) is 3.65. The number of anilines is 2. The zero-order valence-corrected chi connectivity index (χ0v) is 13.3. The van der Waals surface area contributed by atoms with Gasteiger partial charge in [0.15, 0.2) is 9.84 Å². The van der Waals surface area contributed by atoms with Crippen molar-refractivity contribution < 1.29 is 8.42 Å². The smallest absolute Gasteiger partial charge is 0.177 e. The fraction of sp³-hybridized carbons (Fsp3) is 0.312. The van der Waals surface area contributed by atoms with Crippen LogP contribution in [0.3, 0.4) is 0 Å². The Balaban J connectivity index is 1.78. The second-order valence-corrected chi connectivity index (χ2v) is 7.39. The zero-order valence-electron chi connectivity index (χ0n) is 12.5. The Morgan fingerprint density at radius 3 is 2.18 bits per heavy atom. The molecule has 1 aliphatic rings. The van der Waals surface area contributed by atoms with Crippen molar-refractivity contribution in [1.82, 2.24) is 4.98 Å². The molecule has 3 rings (SSSR count). The molecule has 0 saturated carbocycles. The monoisotopic (exact) mass is 317 g/mol. The van der Waals surface area contributed by atoms with Crippen molar-refractivity contribution in [2.45, 2.75) is 4.90 Å². The van der Waals surface area contributed by atoms with Gasteiger partial charge >= 0.3 is 0 Å². The highest BCUT2D eigenvalue weighted by molar-refractivity contribution is 7.90. The summed E-state index contributed by atoms with van der Waals surface area (Å²) >= 11 is 0. The van der Waals surface area contributed by atoms with Gasteiger partial charge in [-0.3, -0.25) is 0 Å². The Morgan fingerprint density at radius 2 is 1.55 bits per heavy atom. The van der Waals surface area contributed by atoms with Crippen LogP contribution < -0.4 is 9.80 Å². The van der Waals surface area contributed by atoms with Gasteiger partial charge in [0.1, 0.15) is 5.82 Å². The van der Waals surface area contributed by atoms with E-state index in [1.54, 1.807) is 18.3 Å².